The largest absolute Gasteiger partial charge is 0.487 e. The summed E-state index contributed by atoms with van der Waals surface area (Å²) >= 11 is 10.9. The maximum absolute atomic E-state index is 14.4. The molecule has 1 aromatic heterocycles. The van der Waals surface area contributed by atoms with E-state index in [4.69, 9.17) is 21.1 Å². The molecule has 16 heteroatoms. The molecule has 0 unspecified atom stereocenters. The van der Waals surface area contributed by atoms with E-state index < -0.39 is 39.9 Å². The third kappa shape index (κ3) is 7.16. The number of benzene rings is 3. The lowest BCUT2D eigenvalue weighted by atomic mass is 9.95. The Bertz CT molecular complexity index is 2060. The van der Waals surface area contributed by atoms with Gasteiger partial charge in [0, 0.05) is 26.3 Å². The van der Waals surface area contributed by atoms with Crippen LogP contribution in [0.5, 0.6) is 5.75 Å². The zero-order valence-corrected chi connectivity index (χ0v) is 29.2. The Balaban J connectivity index is 1.67. The van der Waals surface area contributed by atoms with Crippen LogP contribution in [0.2, 0.25) is 5.02 Å². The van der Waals surface area contributed by atoms with Crippen molar-refractivity contribution < 1.29 is 32.4 Å². The number of nitro benzene ring substituents is 1. The molecule has 0 bridgehead atoms. The highest BCUT2D eigenvalue weighted by atomic mass is 127. The van der Waals surface area contributed by atoms with Gasteiger partial charge in [-0.25, -0.2) is 9.79 Å². The zero-order chi connectivity index (χ0) is 33.3. The lowest BCUT2D eigenvalue weighted by Crippen LogP contribution is -2.41. The summed E-state index contributed by atoms with van der Waals surface area (Å²) in [5.74, 6) is -0.857. The van der Waals surface area contributed by atoms with Crippen LogP contribution in [0, 0.1) is 17.3 Å². The van der Waals surface area contributed by atoms with Gasteiger partial charge in [-0.3, -0.25) is 19.5 Å². The van der Waals surface area contributed by atoms with E-state index in [0.29, 0.717) is 25.5 Å². The van der Waals surface area contributed by atoms with Gasteiger partial charge in [0.1, 0.15) is 12.4 Å². The molecule has 46 heavy (non-hydrogen) atoms. The Kier molecular flexibility index (Phi) is 10.2. The molecule has 238 valence electrons. The Morgan fingerprint density at radius 3 is 2.43 bits per heavy atom. The third-order valence-corrected chi connectivity index (χ3v) is 9.29. The van der Waals surface area contributed by atoms with Crippen molar-refractivity contribution in [2.75, 3.05) is 6.61 Å². The van der Waals surface area contributed by atoms with Gasteiger partial charge in [-0.1, -0.05) is 35.1 Å². The van der Waals surface area contributed by atoms with Crippen LogP contribution < -0.4 is 19.6 Å². The summed E-state index contributed by atoms with van der Waals surface area (Å²) in [7, 11) is 0. The minimum Gasteiger partial charge on any atom is -0.487 e. The van der Waals surface area contributed by atoms with Crippen LogP contribution in [0.4, 0.5) is 18.9 Å². The highest BCUT2D eigenvalue weighted by molar-refractivity contribution is 14.1. The first kappa shape index (κ1) is 34.1. The molecule has 1 aliphatic rings. The quantitative estimate of drug-likeness (QED) is 0.0844. The summed E-state index contributed by atoms with van der Waals surface area (Å²) in [5, 5.41) is 11.3. The molecule has 1 aliphatic heterocycles. The number of allylic oxidation sites excluding steroid dienone is 1. The molecule has 0 fully saturated rings. The molecule has 0 aliphatic carbocycles. The SMILES string of the molecule is CCOC(=O)C1=C(C(F)(F)F)N=c2s/c(=C\c3cc(I)cc(I)c3OCc3ccc([N+](=O)[O-])cc3)c(=O)n2[C@@H]1c1ccc(Cl)cc1. The second kappa shape index (κ2) is 13.8. The molecular formula is C30H19ClF3I2N3O6S. The minimum atomic E-state index is -5.04. The summed E-state index contributed by atoms with van der Waals surface area (Å²) in [5.41, 5.74) is -1.69. The van der Waals surface area contributed by atoms with Gasteiger partial charge in [0.2, 0.25) is 0 Å². The second-order valence-corrected chi connectivity index (χ2v) is 13.5. The molecule has 4 aromatic rings. The number of nitrogens with zero attached hydrogens (tertiary/aromatic N) is 3. The molecule has 2 heterocycles. The summed E-state index contributed by atoms with van der Waals surface area (Å²) in [6.07, 6.45) is -3.54. The number of nitro groups is 1. The maximum atomic E-state index is 14.4. The van der Waals surface area contributed by atoms with Gasteiger partial charge < -0.3 is 9.47 Å². The van der Waals surface area contributed by atoms with Crippen LogP contribution >= 0.6 is 68.1 Å². The van der Waals surface area contributed by atoms with Crippen LogP contribution in [-0.2, 0) is 16.1 Å². The molecule has 9 nitrogen and oxygen atoms in total. The molecule has 0 N–H and O–H groups in total. The van der Waals surface area contributed by atoms with E-state index in [-0.39, 0.29) is 33.8 Å². The van der Waals surface area contributed by atoms with E-state index in [1.54, 1.807) is 18.2 Å². The number of hydrogen-bond acceptors (Lipinski definition) is 8. The number of halogens is 6. The number of carbonyl (C=O) groups excluding carboxylic acids is 1. The molecular weight excluding hydrogens is 877 g/mol. The fourth-order valence-corrected chi connectivity index (χ4v) is 7.81. The fraction of sp³-hybridized carbons (Fsp3) is 0.167. The molecule has 3 aromatic carbocycles. The molecule has 1 atom stereocenters. The van der Waals surface area contributed by atoms with Crippen molar-refractivity contribution in [3.8, 4) is 5.75 Å². The molecule has 0 saturated heterocycles. The minimum absolute atomic E-state index is 0.0438. The fourth-order valence-electron chi connectivity index (χ4n) is 4.65. The number of non-ortho nitro benzene ring substituents is 1. The number of thiazole rings is 1. The summed E-state index contributed by atoms with van der Waals surface area (Å²) < 4.78 is 56.9. The summed E-state index contributed by atoms with van der Waals surface area (Å²) in [4.78, 5) is 41.1. The molecule has 5 rings (SSSR count). The Morgan fingerprint density at radius 2 is 1.83 bits per heavy atom. The van der Waals surface area contributed by atoms with Crippen LogP contribution in [0.3, 0.4) is 0 Å². The van der Waals surface area contributed by atoms with Crippen molar-refractivity contribution in [1.82, 2.24) is 4.57 Å². The van der Waals surface area contributed by atoms with Gasteiger partial charge in [-0.15, -0.1) is 0 Å². The Hall–Kier alpha value is -3.29. The number of esters is 1. The maximum Gasteiger partial charge on any atom is 0.434 e. The number of carbonyl (C=O) groups is 1. The molecule has 0 spiro atoms. The van der Waals surface area contributed by atoms with Gasteiger partial charge >= 0.3 is 12.1 Å². The normalized spacial score (nSPS) is 14.9. The van der Waals surface area contributed by atoms with Crippen molar-refractivity contribution in [3.05, 3.63) is 131 Å². The number of aromatic nitrogens is 1. The van der Waals surface area contributed by atoms with Gasteiger partial charge in [0.05, 0.1) is 31.2 Å². The van der Waals surface area contributed by atoms with Crippen LogP contribution in [0.1, 0.15) is 29.7 Å². The van der Waals surface area contributed by atoms with Crippen LogP contribution in [0.15, 0.2) is 81.7 Å². The first-order valence-corrected chi connectivity index (χ1v) is 16.5. The first-order chi connectivity index (χ1) is 21.8. The number of rotatable bonds is 8. The summed E-state index contributed by atoms with van der Waals surface area (Å²) in [6.45, 7) is 1.31. The Morgan fingerprint density at radius 1 is 1.15 bits per heavy atom. The molecule has 0 amide bonds. The summed E-state index contributed by atoms with van der Waals surface area (Å²) in [6, 6.07) is 13.7. The molecule has 0 radical (unpaired) electrons. The van der Waals surface area contributed by atoms with Crippen molar-refractivity contribution in [3.63, 3.8) is 0 Å². The lowest BCUT2D eigenvalue weighted by Gasteiger charge is -2.26. The number of ether oxygens (including phenoxy) is 2. The van der Waals surface area contributed by atoms with E-state index >= 15 is 0 Å². The molecule has 0 saturated carbocycles. The average molecular weight is 896 g/mol. The highest BCUT2D eigenvalue weighted by Crippen LogP contribution is 2.38. The second-order valence-electron chi connectivity index (χ2n) is 9.63. The number of fused-ring (bicyclic) bond motifs is 1. The standard InChI is InChI=1S/C30H19ClF3I2N3O6S/c1-2-44-28(41)23-24(16-5-7-18(31)8-6-16)38-27(40)22(46-29(38)37-26(23)30(32,33)34)12-17-11-19(35)13-21(36)25(17)45-14-15-3-9-20(10-4-15)39(42)43/h3-13,24H,2,14H2,1H3/b22-12-/t24-/m1/s1. The first-order valence-electron chi connectivity index (χ1n) is 13.2. The topological polar surface area (TPSA) is 113 Å². The van der Waals surface area contributed by atoms with E-state index in [9.17, 15) is 32.9 Å². The van der Waals surface area contributed by atoms with Crippen LogP contribution in [-0.4, -0.2) is 28.2 Å². The number of alkyl halides is 3. The lowest BCUT2D eigenvalue weighted by molar-refractivity contribution is -0.384. The predicted octanol–water partition coefficient (Wildman–Crippen LogP) is 6.69. The van der Waals surface area contributed by atoms with E-state index in [2.05, 4.69) is 50.2 Å². The van der Waals surface area contributed by atoms with Crippen molar-refractivity contribution in [2.45, 2.75) is 25.7 Å². The zero-order valence-electron chi connectivity index (χ0n) is 23.3. The highest BCUT2D eigenvalue weighted by Gasteiger charge is 2.45. The van der Waals surface area contributed by atoms with Gasteiger partial charge in [-0.05, 0) is 106 Å². The van der Waals surface area contributed by atoms with Gasteiger partial charge in [0.15, 0.2) is 10.5 Å². The predicted molar refractivity (Wildman–Crippen MR) is 182 cm³/mol. The van der Waals surface area contributed by atoms with Crippen molar-refractivity contribution in [1.29, 1.82) is 0 Å². The third-order valence-electron chi connectivity index (χ3n) is 6.63. The van der Waals surface area contributed by atoms with Crippen LogP contribution in [0.25, 0.3) is 6.08 Å². The van der Waals surface area contributed by atoms with E-state index in [1.807, 2.05) is 6.07 Å². The van der Waals surface area contributed by atoms with Crippen molar-refractivity contribution >= 4 is 85.9 Å². The van der Waals surface area contributed by atoms with E-state index in [1.165, 1.54) is 49.4 Å². The van der Waals surface area contributed by atoms with Gasteiger partial charge in [-0.2, -0.15) is 13.2 Å². The smallest absolute Gasteiger partial charge is 0.434 e. The van der Waals surface area contributed by atoms with Crippen molar-refractivity contribution in [2.24, 2.45) is 4.99 Å². The average Bonchev–Trinajstić information content (AvgIpc) is 3.30. The van der Waals surface area contributed by atoms with Gasteiger partial charge in [0.25, 0.3) is 11.2 Å². The Labute approximate surface area is 294 Å². The van der Waals surface area contributed by atoms with E-state index in [0.717, 1.165) is 19.5 Å². The number of hydrogen-bond donors (Lipinski definition) is 0. The monoisotopic (exact) mass is 895 g/mol.